The lowest BCUT2D eigenvalue weighted by Gasteiger charge is -2.05. The number of nitrogens with zero attached hydrogens (tertiary/aromatic N) is 3. The number of benzene rings is 1. The van der Waals surface area contributed by atoms with E-state index in [0.29, 0.717) is 23.0 Å². The number of nitrogen functional groups attached to an aromatic ring is 1. The van der Waals surface area contributed by atoms with Crippen molar-refractivity contribution in [3.8, 4) is 17.7 Å². The summed E-state index contributed by atoms with van der Waals surface area (Å²) in [7, 11) is 0. The number of nitriles is 1. The standard InChI is InChI=1S/C11H9N5O/c12-5-8-2-1-3-9(4-8)17-11-7-14-6-10(15-11)16-13/h1-4,6-7H,13H2,(H,15,16). The Morgan fingerprint density at radius 3 is 3.00 bits per heavy atom. The lowest BCUT2D eigenvalue weighted by molar-refractivity contribution is 0.461. The molecular formula is C11H9N5O. The molecule has 0 unspecified atom stereocenters. The zero-order valence-electron chi connectivity index (χ0n) is 8.79. The monoisotopic (exact) mass is 227 g/mol. The maximum atomic E-state index is 8.75. The Morgan fingerprint density at radius 2 is 2.24 bits per heavy atom. The Balaban J connectivity index is 2.22. The highest BCUT2D eigenvalue weighted by molar-refractivity contribution is 5.38. The SMILES string of the molecule is N#Cc1cccc(Oc2cncc(NN)n2)c1. The topological polar surface area (TPSA) is 96.8 Å². The minimum absolute atomic E-state index is 0.301. The molecule has 84 valence electrons. The third-order valence-corrected chi connectivity index (χ3v) is 1.95. The number of nitrogens with two attached hydrogens (primary N) is 1. The molecule has 6 heteroatoms. The van der Waals surface area contributed by atoms with Crippen molar-refractivity contribution in [1.29, 1.82) is 5.26 Å². The summed E-state index contributed by atoms with van der Waals surface area (Å²) in [5.41, 5.74) is 2.89. The van der Waals surface area contributed by atoms with Gasteiger partial charge in [-0.25, -0.2) is 5.84 Å². The summed E-state index contributed by atoms with van der Waals surface area (Å²) in [6.07, 6.45) is 2.93. The van der Waals surface area contributed by atoms with Crippen LogP contribution in [0.25, 0.3) is 0 Å². The average molecular weight is 227 g/mol. The fourth-order valence-corrected chi connectivity index (χ4v) is 1.22. The average Bonchev–Trinajstić information content (AvgIpc) is 2.39. The number of aromatic nitrogens is 2. The maximum Gasteiger partial charge on any atom is 0.239 e. The van der Waals surface area contributed by atoms with Crippen molar-refractivity contribution in [3.05, 3.63) is 42.2 Å². The van der Waals surface area contributed by atoms with Gasteiger partial charge in [0.25, 0.3) is 0 Å². The molecule has 1 aromatic heterocycles. The van der Waals surface area contributed by atoms with E-state index in [1.807, 2.05) is 6.07 Å². The highest BCUT2D eigenvalue weighted by Crippen LogP contribution is 2.20. The molecular weight excluding hydrogens is 218 g/mol. The zero-order chi connectivity index (χ0) is 12.1. The lowest BCUT2D eigenvalue weighted by atomic mass is 10.2. The van der Waals surface area contributed by atoms with Crippen LogP contribution in [0.2, 0.25) is 0 Å². The van der Waals surface area contributed by atoms with Gasteiger partial charge in [0.15, 0.2) is 5.82 Å². The summed E-state index contributed by atoms with van der Waals surface area (Å²) in [6.45, 7) is 0. The minimum atomic E-state index is 0.301. The van der Waals surface area contributed by atoms with E-state index in [1.165, 1.54) is 12.4 Å². The van der Waals surface area contributed by atoms with Gasteiger partial charge in [0.05, 0.1) is 24.0 Å². The first kappa shape index (κ1) is 10.9. The van der Waals surface area contributed by atoms with Gasteiger partial charge < -0.3 is 10.2 Å². The third-order valence-electron chi connectivity index (χ3n) is 1.95. The largest absolute Gasteiger partial charge is 0.437 e. The second-order valence-corrected chi connectivity index (χ2v) is 3.13. The van der Waals surface area contributed by atoms with Crippen LogP contribution in [0.1, 0.15) is 5.56 Å². The summed E-state index contributed by atoms with van der Waals surface area (Å²) in [5.74, 6) is 6.43. The molecule has 1 aromatic carbocycles. The second kappa shape index (κ2) is 4.92. The fraction of sp³-hybridized carbons (Fsp3) is 0. The van der Waals surface area contributed by atoms with Crippen molar-refractivity contribution in [2.45, 2.75) is 0 Å². The van der Waals surface area contributed by atoms with Crippen molar-refractivity contribution in [2.24, 2.45) is 5.84 Å². The zero-order valence-corrected chi connectivity index (χ0v) is 8.79. The molecule has 0 saturated heterocycles. The highest BCUT2D eigenvalue weighted by Gasteiger charge is 2.01. The summed E-state index contributed by atoms with van der Waals surface area (Å²) in [6, 6.07) is 8.79. The molecule has 17 heavy (non-hydrogen) atoms. The van der Waals surface area contributed by atoms with Crippen molar-refractivity contribution in [1.82, 2.24) is 9.97 Å². The Hall–Kier alpha value is -2.65. The first-order valence-corrected chi connectivity index (χ1v) is 4.78. The van der Waals surface area contributed by atoms with Gasteiger partial charge in [0, 0.05) is 0 Å². The van der Waals surface area contributed by atoms with Crippen LogP contribution in [0, 0.1) is 11.3 Å². The van der Waals surface area contributed by atoms with E-state index in [0.717, 1.165) is 0 Å². The van der Waals surface area contributed by atoms with Crippen molar-refractivity contribution < 1.29 is 4.74 Å². The van der Waals surface area contributed by atoms with Crippen LogP contribution in [0.5, 0.6) is 11.6 Å². The summed E-state index contributed by atoms with van der Waals surface area (Å²) < 4.78 is 5.44. The molecule has 0 saturated carbocycles. The van der Waals surface area contributed by atoms with E-state index in [4.69, 9.17) is 15.8 Å². The van der Waals surface area contributed by atoms with E-state index >= 15 is 0 Å². The van der Waals surface area contributed by atoms with Gasteiger partial charge in [0.2, 0.25) is 5.88 Å². The van der Waals surface area contributed by atoms with Crippen LogP contribution in [0.3, 0.4) is 0 Å². The fourth-order valence-electron chi connectivity index (χ4n) is 1.22. The smallest absolute Gasteiger partial charge is 0.239 e. The Labute approximate surface area is 97.7 Å². The minimum Gasteiger partial charge on any atom is -0.437 e. The molecule has 2 rings (SSSR count). The van der Waals surface area contributed by atoms with E-state index in [1.54, 1.807) is 24.3 Å². The van der Waals surface area contributed by atoms with E-state index in [-0.39, 0.29) is 0 Å². The molecule has 1 heterocycles. The van der Waals surface area contributed by atoms with E-state index in [9.17, 15) is 0 Å². The summed E-state index contributed by atoms with van der Waals surface area (Å²) in [5, 5.41) is 8.75. The molecule has 0 amide bonds. The van der Waals surface area contributed by atoms with Crippen LogP contribution < -0.4 is 16.0 Å². The van der Waals surface area contributed by atoms with Crippen molar-refractivity contribution >= 4 is 5.82 Å². The van der Waals surface area contributed by atoms with Gasteiger partial charge in [-0.15, -0.1) is 0 Å². The van der Waals surface area contributed by atoms with Gasteiger partial charge >= 0.3 is 0 Å². The molecule has 0 aliphatic carbocycles. The normalized spacial score (nSPS) is 9.41. The summed E-state index contributed by atoms with van der Waals surface area (Å²) in [4.78, 5) is 7.94. The van der Waals surface area contributed by atoms with Crippen LogP contribution in [0.15, 0.2) is 36.7 Å². The Bertz CT molecular complexity index is 564. The van der Waals surface area contributed by atoms with Crippen molar-refractivity contribution in [3.63, 3.8) is 0 Å². The lowest BCUT2D eigenvalue weighted by Crippen LogP contribution is -2.08. The first-order chi connectivity index (χ1) is 8.31. The Kier molecular flexibility index (Phi) is 3.14. The van der Waals surface area contributed by atoms with Crippen LogP contribution in [-0.4, -0.2) is 9.97 Å². The summed E-state index contributed by atoms with van der Waals surface area (Å²) >= 11 is 0. The molecule has 0 spiro atoms. The second-order valence-electron chi connectivity index (χ2n) is 3.13. The number of anilines is 1. The van der Waals surface area contributed by atoms with Gasteiger partial charge in [0.1, 0.15) is 5.75 Å². The number of hydrogen-bond acceptors (Lipinski definition) is 6. The number of nitrogens with one attached hydrogen (secondary N) is 1. The molecule has 0 aliphatic rings. The highest BCUT2D eigenvalue weighted by atomic mass is 16.5. The van der Waals surface area contributed by atoms with Crippen LogP contribution >= 0.6 is 0 Å². The molecule has 6 nitrogen and oxygen atoms in total. The number of ether oxygens (including phenoxy) is 1. The predicted octanol–water partition coefficient (Wildman–Crippen LogP) is 1.43. The molecule has 0 atom stereocenters. The molecule has 0 radical (unpaired) electrons. The van der Waals surface area contributed by atoms with Gasteiger partial charge in [-0.3, -0.25) is 4.98 Å². The van der Waals surface area contributed by atoms with E-state index < -0.39 is 0 Å². The molecule has 2 aromatic rings. The predicted molar refractivity (Wildman–Crippen MR) is 61.1 cm³/mol. The van der Waals surface area contributed by atoms with Crippen molar-refractivity contribution in [2.75, 3.05) is 5.43 Å². The number of rotatable bonds is 3. The molecule has 3 N–H and O–H groups in total. The molecule has 0 fully saturated rings. The van der Waals surface area contributed by atoms with Gasteiger partial charge in [-0.2, -0.15) is 10.2 Å². The third kappa shape index (κ3) is 2.68. The first-order valence-electron chi connectivity index (χ1n) is 4.78. The number of hydrogen-bond donors (Lipinski definition) is 2. The maximum absolute atomic E-state index is 8.75. The molecule has 0 aliphatic heterocycles. The van der Waals surface area contributed by atoms with Gasteiger partial charge in [-0.05, 0) is 18.2 Å². The Morgan fingerprint density at radius 1 is 1.35 bits per heavy atom. The van der Waals surface area contributed by atoms with Crippen LogP contribution in [0.4, 0.5) is 5.82 Å². The van der Waals surface area contributed by atoms with Gasteiger partial charge in [-0.1, -0.05) is 6.07 Å². The van der Waals surface area contributed by atoms with Crippen LogP contribution in [-0.2, 0) is 0 Å². The quantitative estimate of drug-likeness (QED) is 0.608. The van der Waals surface area contributed by atoms with E-state index in [2.05, 4.69) is 15.4 Å². The molecule has 0 bridgehead atoms. The number of hydrazine groups is 1.